The summed E-state index contributed by atoms with van der Waals surface area (Å²) in [4.78, 5) is 24.7. The molecule has 1 saturated heterocycles. The lowest BCUT2D eigenvalue weighted by molar-refractivity contribution is -0.145. The topological polar surface area (TPSA) is 57.6 Å². The Morgan fingerprint density at radius 1 is 1.30 bits per heavy atom. The van der Waals surface area contributed by atoms with E-state index in [9.17, 15) is 14.0 Å². The predicted octanol–water partition coefficient (Wildman–Crippen LogP) is 2.08. The van der Waals surface area contributed by atoms with Gasteiger partial charge in [0.15, 0.2) is 0 Å². The summed E-state index contributed by atoms with van der Waals surface area (Å²) in [7, 11) is 0. The fraction of sp³-hybridized carbons (Fsp3) is 0.467. The number of rotatable bonds is 4. The van der Waals surface area contributed by atoms with E-state index in [4.69, 9.17) is 5.11 Å². The Morgan fingerprint density at radius 2 is 2.00 bits per heavy atom. The van der Waals surface area contributed by atoms with Gasteiger partial charge >= 0.3 is 5.97 Å². The first-order valence-corrected chi connectivity index (χ1v) is 6.81. The van der Waals surface area contributed by atoms with E-state index < -0.39 is 11.9 Å². The number of hydrogen-bond acceptors (Lipinski definition) is 2. The second kappa shape index (κ2) is 6.50. The van der Waals surface area contributed by atoms with Crippen LogP contribution in [0.5, 0.6) is 0 Å². The summed E-state index contributed by atoms with van der Waals surface area (Å²) in [6, 6.07) is 6.08. The largest absolute Gasteiger partial charge is 0.481 e. The number of likely N-dealkylation sites (tertiary alicyclic amines) is 1. The number of carboxylic acid groups (broad SMARTS) is 1. The Kier molecular flexibility index (Phi) is 4.71. The van der Waals surface area contributed by atoms with E-state index in [1.165, 1.54) is 12.1 Å². The van der Waals surface area contributed by atoms with Gasteiger partial charge in [-0.1, -0.05) is 12.1 Å². The maximum Gasteiger partial charge on any atom is 0.308 e. The third-order valence-electron chi connectivity index (χ3n) is 3.66. The summed E-state index contributed by atoms with van der Waals surface area (Å²) in [6.45, 7) is 0.934. The number of halogens is 1. The van der Waals surface area contributed by atoms with E-state index in [2.05, 4.69) is 0 Å². The Morgan fingerprint density at radius 3 is 2.65 bits per heavy atom. The van der Waals surface area contributed by atoms with Crippen molar-refractivity contribution in [2.75, 3.05) is 13.1 Å². The third kappa shape index (κ3) is 3.79. The van der Waals surface area contributed by atoms with Gasteiger partial charge in [-0.15, -0.1) is 0 Å². The molecule has 0 saturated carbocycles. The summed E-state index contributed by atoms with van der Waals surface area (Å²) in [5.41, 5.74) is 0.909. The molecule has 4 nitrogen and oxygen atoms in total. The molecule has 20 heavy (non-hydrogen) atoms. The van der Waals surface area contributed by atoms with Crippen molar-refractivity contribution in [1.29, 1.82) is 0 Å². The summed E-state index contributed by atoms with van der Waals surface area (Å²) < 4.78 is 12.8. The van der Waals surface area contributed by atoms with E-state index in [-0.39, 0.29) is 11.7 Å². The first kappa shape index (κ1) is 14.5. The van der Waals surface area contributed by atoms with Gasteiger partial charge in [0.05, 0.1) is 5.92 Å². The van der Waals surface area contributed by atoms with Gasteiger partial charge in [0.1, 0.15) is 5.82 Å². The Hall–Kier alpha value is -1.91. The summed E-state index contributed by atoms with van der Waals surface area (Å²) in [5, 5.41) is 9.00. The van der Waals surface area contributed by atoms with E-state index in [0.29, 0.717) is 32.4 Å². The van der Waals surface area contributed by atoms with Gasteiger partial charge in [-0.2, -0.15) is 0 Å². The molecule has 1 amide bonds. The molecule has 5 heteroatoms. The van der Waals surface area contributed by atoms with Gasteiger partial charge in [0, 0.05) is 19.5 Å². The predicted molar refractivity (Wildman–Crippen MR) is 71.7 cm³/mol. The van der Waals surface area contributed by atoms with Crippen LogP contribution in [0.2, 0.25) is 0 Å². The summed E-state index contributed by atoms with van der Waals surface area (Å²) in [6.07, 6.45) is 2.25. The smallest absolute Gasteiger partial charge is 0.308 e. The lowest BCUT2D eigenvalue weighted by Gasteiger charge is -2.30. The third-order valence-corrected chi connectivity index (χ3v) is 3.66. The van der Waals surface area contributed by atoms with Crippen LogP contribution in [-0.2, 0) is 16.0 Å². The molecule has 0 radical (unpaired) electrons. The van der Waals surface area contributed by atoms with Crippen molar-refractivity contribution in [3.63, 3.8) is 0 Å². The highest BCUT2D eigenvalue weighted by molar-refractivity contribution is 5.78. The van der Waals surface area contributed by atoms with Crippen molar-refractivity contribution in [2.45, 2.75) is 25.7 Å². The Labute approximate surface area is 117 Å². The van der Waals surface area contributed by atoms with Crippen molar-refractivity contribution in [3.8, 4) is 0 Å². The molecule has 1 heterocycles. The van der Waals surface area contributed by atoms with Gasteiger partial charge in [-0.05, 0) is 37.0 Å². The number of carbonyl (C=O) groups is 2. The van der Waals surface area contributed by atoms with Gasteiger partial charge in [0.2, 0.25) is 5.91 Å². The minimum atomic E-state index is -0.832. The molecule has 2 rings (SSSR count). The molecule has 108 valence electrons. The first-order chi connectivity index (χ1) is 9.56. The number of aliphatic carboxylic acids is 1. The molecule has 1 atom stereocenters. The molecule has 0 spiro atoms. The lowest BCUT2D eigenvalue weighted by Crippen LogP contribution is -2.42. The summed E-state index contributed by atoms with van der Waals surface area (Å²) >= 11 is 0. The number of piperidine rings is 1. The zero-order chi connectivity index (χ0) is 14.5. The molecule has 1 aliphatic rings. The first-order valence-electron chi connectivity index (χ1n) is 6.81. The van der Waals surface area contributed by atoms with Crippen molar-refractivity contribution in [3.05, 3.63) is 35.6 Å². The van der Waals surface area contributed by atoms with E-state index in [1.807, 2.05) is 0 Å². The van der Waals surface area contributed by atoms with Crippen LogP contribution >= 0.6 is 0 Å². The van der Waals surface area contributed by atoms with Crippen molar-refractivity contribution < 1.29 is 19.1 Å². The van der Waals surface area contributed by atoms with Crippen LogP contribution in [0.25, 0.3) is 0 Å². The quantitative estimate of drug-likeness (QED) is 0.918. The molecule has 1 fully saturated rings. The molecular formula is C15H18FNO3. The number of carbonyl (C=O) groups excluding carboxylic acids is 1. The number of hydrogen-bond donors (Lipinski definition) is 1. The highest BCUT2D eigenvalue weighted by Gasteiger charge is 2.27. The molecule has 1 N–H and O–H groups in total. The fourth-order valence-corrected chi connectivity index (χ4v) is 2.47. The number of nitrogens with zero attached hydrogens (tertiary/aromatic N) is 1. The maximum absolute atomic E-state index is 12.8. The van der Waals surface area contributed by atoms with Crippen molar-refractivity contribution in [2.24, 2.45) is 5.92 Å². The standard InChI is InChI=1S/C15H18FNO3/c16-13-6-3-11(4-7-13)5-8-14(18)17-9-1-2-12(10-17)15(19)20/h3-4,6-7,12H,1-2,5,8-10H2,(H,19,20)/t12-/m1/s1. The van der Waals surface area contributed by atoms with Crippen LogP contribution in [0.15, 0.2) is 24.3 Å². The average Bonchev–Trinajstić information content (AvgIpc) is 2.46. The van der Waals surface area contributed by atoms with Crippen LogP contribution in [-0.4, -0.2) is 35.0 Å². The average molecular weight is 279 g/mol. The van der Waals surface area contributed by atoms with E-state index in [0.717, 1.165) is 12.0 Å². The van der Waals surface area contributed by atoms with Crippen LogP contribution < -0.4 is 0 Å². The zero-order valence-corrected chi connectivity index (χ0v) is 11.2. The highest BCUT2D eigenvalue weighted by atomic mass is 19.1. The minimum absolute atomic E-state index is 0.0275. The van der Waals surface area contributed by atoms with Crippen LogP contribution in [0.3, 0.4) is 0 Å². The minimum Gasteiger partial charge on any atom is -0.481 e. The number of aryl methyl sites for hydroxylation is 1. The van der Waals surface area contributed by atoms with Crippen molar-refractivity contribution in [1.82, 2.24) is 4.90 Å². The highest BCUT2D eigenvalue weighted by Crippen LogP contribution is 2.18. The van der Waals surface area contributed by atoms with Crippen LogP contribution in [0.1, 0.15) is 24.8 Å². The molecule has 0 aliphatic carbocycles. The molecule has 0 aromatic heterocycles. The molecule has 0 unspecified atom stereocenters. The Bertz CT molecular complexity index is 486. The lowest BCUT2D eigenvalue weighted by atomic mass is 9.97. The second-order valence-electron chi connectivity index (χ2n) is 5.14. The summed E-state index contributed by atoms with van der Waals surface area (Å²) in [5.74, 6) is -1.60. The van der Waals surface area contributed by atoms with E-state index >= 15 is 0 Å². The van der Waals surface area contributed by atoms with Crippen LogP contribution in [0.4, 0.5) is 4.39 Å². The fourth-order valence-electron chi connectivity index (χ4n) is 2.47. The van der Waals surface area contributed by atoms with Gasteiger partial charge in [-0.25, -0.2) is 4.39 Å². The van der Waals surface area contributed by atoms with Gasteiger partial charge in [0.25, 0.3) is 0 Å². The van der Waals surface area contributed by atoms with Crippen molar-refractivity contribution >= 4 is 11.9 Å². The van der Waals surface area contributed by atoms with E-state index in [1.54, 1.807) is 17.0 Å². The number of benzene rings is 1. The maximum atomic E-state index is 12.8. The SMILES string of the molecule is O=C(O)[C@@H]1CCCN(C(=O)CCc2ccc(F)cc2)C1. The number of carboxylic acids is 1. The molecule has 0 bridgehead atoms. The molecule has 1 aliphatic heterocycles. The second-order valence-corrected chi connectivity index (χ2v) is 5.14. The number of amides is 1. The van der Waals surface area contributed by atoms with Gasteiger partial charge < -0.3 is 10.0 Å². The van der Waals surface area contributed by atoms with Gasteiger partial charge in [-0.3, -0.25) is 9.59 Å². The molecular weight excluding hydrogens is 261 g/mol. The Balaban J connectivity index is 1.85. The molecule has 1 aromatic carbocycles. The monoisotopic (exact) mass is 279 g/mol. The zero-order valence-electron chi connectivity index (χ0n) is 11.2. The molecule has 1 aromatic rings. The van der Waals surface area contributed by atoms with Crippen LogP contribution in [0, 0.1) is 11.7 Å². The normalized spacial score (nSPS) is 18.9.